The number of hydrogen-bond donors (Lipinski definition) is 1. The van der Waals surface area contributed by atoms with Crippen molar-refractivity contribution >= 4 is 12.4 Å². The van der Waals surface area contributed by atoms with Crippen LogP contribution in [0.1, 0.15) is 5.56 Å². The largest absolute Gasteiger partial charge is 0.491 e. The van der Waals surface area contributed by atoms with E-state index in [0.29, 0.717) is 13.2 Å². The maximum absolute atomic E-state index is 9.20. The van der Waals surface area contributed by atoms with E-state index >= 15 is 0 Å². The number of ether oxygens (including phenoxy) is 2. The number of hydrogen-bond acceptors (Lipinski definition) is 5. The zero-order valence-electron chi connectivity index (χ0n) is 13.2. The summed E-state index contributed by atoms with van der Waals surface area (Å²) in [5.74, 6) is 0.739. The van der Waals surface area contributed by atoms with Crippen LogP contribution in [-0.2, 0) is 11.3 Å². The maximum Gasteiger partial charge on any atom is 0.124 e. The molecule has 5 nitrogen and oxygen atoms in total. The number of para-hydroxylation sites is 1. The molecule has 1 aliphatic heterocycles. The van der Waals surface area contributed by atoms with Crippen molar-refractivity contribution in [2.24, 2.45) is 0 Å². The number of likely N-dealkylation sites (N-methyl/N-ethyl adjacent to an activating group) is 1. The van der Waals surface area contributed by atoms with Crippen LogP contribution in [0.3, 0.4) is 0 Å². The molecule has 0 unspecified atom stereocenters. The summed E-state index contributed by atoms with van der Waals surface area (Å²) in [6.45, 7) is 7.35. The average molecular weight is 331 g/mol. The van der Waals surface area contributed by atoms with Crippen LogP contribution in [0.25, 0.3) is 0 Å². The molecule has 0 aliphatic carbocycles. The van der Waals surface area contributed by atoms with Crippen molar-refractivity contribution in [1.82, 2.24) is 9.80 Å². The average Bonchev–Trinajstić information content (AvgIpc) is 2.53. The van der Waals surface area contributed by atoms with Gasteiger partial charge in [-0.3, -0.25) is 4.90 Å². The highest BCUT2D eigenvalue weighted by molar-refractivity contribution is 5.85. The standard InChI is InChI=1S/C16H26N2O3.ClH/c1-17-6-8-18(9-7-17)10-11-20-12-13-21-16-5-3-2-4-15(16)14-19;/h2-5,19H,6-14H2,1H3;1H. The molecule has 1 aromatic carbocycles. The second-order valence-electron chi connectivity index (χ2n) is 5.37. The zero-order valence-corrected chi connectivity index (χ0v) is 14.1. The summed E-state index contributed by atoms with van der Waals surface area (Å²) in [6.07, 6.45) is 0. The molecule has 1 aromatic rings. The molecule has 2 rings (SSSR count). The highest BCUT2D eigenvalue weighted by Crippen LogP contribution is 2.17. The van der Waals surface area contributed by atoms with Crippen LogP contribution < -0.4 is 4.74 Å². The fourth-order valence-electron chi connectivity index (χ4n) is 2.35. The number of rotatable bonds is 8. The minimum Gasteiger partial charge on any atom is -0.491 e. The lowest BCUT2D eigenvalue weighted by Gasteiger charge is -2.32. The maximum atomic E-state index is 9.20. The van der Waals surface area contributed by atoms with Gasteiger partial charge >= 0.3 is 0 Å². The van der Waals surface area contributed by atoms with E-state index in [1.807, 2.05) is 24.3 Å². The highest BCUT2D eigenvalue weighted by Gasteiger charge is 2.12. The third kappa shape index (κ3) is 6.50. The van der Waals surface area contributed by atoms with Gasteiger partial charge in [0.25, 0.3) is 0 Å². The first kappa shape index (κ1) is 19.2. The SMILES string of the molecule is CN1CCN(CCOCCOc2ccccc2CO)CC1.Cl. The molecule has 22 heavy (non-hydrogen) atoms. The predicted molar refractivity (Wildman–Crippen MR) is 89.9 cm³/mol. The Bertz CT molecular complexity index is 412. The number of benzene rings is 1. The Hall–Kier alpha value is -0.850. The Morgan fingerprint density at radius 1 is 1.05 bits per heavy atom. The Morgan fingerprint density at radius 2 is 1.77 bits per heavy atom. The number of nitrogens with zero attached hydrogens (tertiary/aromatic N) is 2. The summed E-state index contributed by atoms with van der Waals surface area (Å²) >= 11 is 0. The van der Waals surface area contributed by atoms with Gasteiger partial charge in [-0.15, -0.1) is 12.4 Å². The fourth-order valence-corrected chi connectivity index (χ4v) is 2.35. The lowest BCUT2D eigenvalue weighted by molar-refractivity contribution is 0.0654. The molecular weight excluding hydrogens is 304 g/mol. The first-order valence-corrected chi connectivity index (χ1v) is 7.60. The van der Waals surface area contributed by atoms with E-state index in [9.17, 15) is 5.11 Å². The van der Waals surface area contributed by atoms with E-state index in [2.05, 4.69) is 16.8 Å². The first-order valence-electron chi connectivity index (χ1n) is 7.60. The van der Waals surface area contributed by atoms with Crippen LogP contribution in [0.4, 0.5) is 0 Å². The van der Waals surface area contributed by atoms with Crippen molar-refractivity contribution in [3.05, 3.63) is 29.8 Å². The van der Waals surface area contributed by atoms with Crippen LogP contribution >= 0.6 is 12.4 Å². The van der Waals surface area contributed by atoms with Crippen molar-refractivity contribution in [1.29, 1.82) is 0 Å². The van der Waals surface area contributed by atoms with Crippen molar-refractivity contribution in [2.45, 2.75) is 6.61 Å². The monoisotopic (exact) mass is 330 g/mol. The summed E-state index contributed by atoms with van der Waals surface area (Å²) < 4.78 is 11.2. The van der Waals surface area contributed by atoms with Crippen molar-refractivity contribution in [3.8, 4) is 5.75 Å². The number of piperazine rings is 1. The van der Waals surface area contributed by atoms with Gasteiger partial charge in [0.2, 0.25) is 0 Å². The van der Waals surface area contributed by atoms with Crippen molar-refractivity contribution in [3.63, 3.8) is 0 Å². The molecular formula is C16H27ClN2O3. The molecule has 0 atom stereocenters. The molecule has 1 aliphatic rings. The van der Waals surface area contributed by atoms with Gasteiger partial charge in [0.05, 0.1) is 19.8 Å². The Morgan fingerprint density at radius 3 is 2.50 bits per heavy atom. The third-order valence-electron chi connectivity index (χ3n) is 3.78. The molecule has 1 fully saturated rings. The summed E-state index contributed by atoms with van der Waals surface area (Å²) in [5.41, 5.74) is 0.815. The second kappa shape index (κ2) is 10.8. The molecule has 1 saturated heterocycles. The van der Waals surface area contributed by atoms with E-state index in [-0.39, 0.29) is 19.0 Å². The molecule has 1 heterocycles. The van der Waals surface area contributed by atoms with E-state index in [1.54, 1.807) is 0 Å². The molecule has 0 radical (unpaired) electrons. The van der Waals surface area contributed by atoms with Crippen LogP contribution in [0, 0.1) is 0 Å². The normalized spacial score (nSPS) is 16.3. The Labute approximate surface area is 139 Å². The minimum atomic E-state index is 0. The lowest BCUT2D eigenvalue weighted by Crippen LogP contribution is -2.45. The first-order chi connectivity index (χ1) is 10.3. The summed E-state index contributed by atoms with van der Waals surface area (Å²) in [4.78, 5) is 4.78. The summed E-state index contributed by atoms with van der Waals surface area (Å²) in [7, 11) is 2.16. The van der Waals surface area contributed by atoms with Gasteiger partial charge in [0, 0.05) is 38.3 Å². The minimum absolute atomic E-state index is 0. The molecule has 0 aromatic heterocycles. The molecule has 6 heteroatoms. The number of aliphatic hydroxyl groups excluding tert-OH is 1. The predicted octanol–water partition coefficient (Wildman–Crippen LogP) is 1.24. The van der Waals surface area contributed by atoms with E-state index in [4.69, 9.17) is 9.47 Å². The highest BCUT2D eigenvalue weighted by atomic mass is 35.5. The van der Waals surface area contributed by atoms with Crippen LogP contribution in [0.15, 0.2) is 24.3 Å². The topological polar surface area (TPSA) is 45.2 Å². The zero-order chi connectivity index (χ0) is 14.9. The van der Waals surface area contributed by atoms with Gasteiger partial charge in [0.1, 0.15) is 12.4 Å². The lowest BCUT2D eigenvalue weighted by atomic mass is 10.2. The van der Waals surface area contributed by atoms with Gasteiger partial charge in [-0.25, -0.2) is 0 Å². The quantitative estimate of drug-likeness (QED) is 0.727. The van der Waals surface area contributed by atoms with Crippen LogP contribution in [0.2, 0.25) is 0 Å². The van der Waals surface area contributed by atoms with Gasteiger partial charge in [-0.05, 0) is 13.1 Å². The third-order valence-corrected chi connectivity index (χ3v) is 3.78. The molecule has 0 bridgehead atoms. The molecule has 0 spiro atoms. The van der Waals surface area contributed by atoms with Crippen molar-refractivity contribution in [2.75, 3.05) is 59.6 Å². The molecule has 126 valence electrons. The van der Waals surface area contributed by atoms with Crippen molar-refractivity contribution < 1.29 is 14.6 Å². The van der Waals surface area contributed by atoms with Crippen LogP contribution in [-0.4, -0.2) is 74.5 Å². The van der Waals surface area contributed by atoms with Gasteiger partial charge in [-0.1, -0.05) is 18.2 Å². The van der Waals surface area contributed by atoms with Crippen LogP contribution in [0.5, 0.6) is 5.75 Å². The number of halogens is 1. The van der Waals surface area contributed by atoms with E-state index < -0.39 is 0 Å². The molecule has 0 saturated carbocycles. The Balaban J connectivity index is 0.00000242. The fraction of sp³-hybridized carbons (Fsp3) is 0.625. The smallest absolute Gasteiger partial charge is 0.124 e. The molecule has 1 N–H and O–H groups in total. The molecule has 0 amide bonds. The van der Waals surface area contributed by atoms with E-state index in [1.165, 1.54) is 0 Å². The van der Waals surface area contributed by atoms with E-state index in [0.717, 1.165) is 50.6 Å². The Kier molecular flexibility index (Phi) is 9.43. The summed E-state index contributed by atoms with van der Waals surface area (Å²) in [6, 6.07) is 7.53. The van der Waals surface area contributed by atoms with Gasteiger partial charge in [0.15, 0.2) is 0 Å². The van der Waals surface area contributed by atoms with Gasteiger partial charge < -0.3 is 19.5 Å². The summed E-state index contributed by atoms with van der Waals surface area (Å²) in [5, 5.41) is 9.20. The second-order valence-corrected chi connectivity index (χ2v) is 5.37. The number of aliphatic hydroxyl groups is 1. The van der Waals surface area contributed by atoms with Gasteiger partial charge in [-0.2, -0.15) is 0 Å².